The van der Waals surface area contributed by atoms with Crippen LogP contribution in [0.2, 0.25) is 0 Å². The van der Waals surface area contributed by atoms with E-state index in [1.165, 1.54) is 25.7 Å². The zero-order valence-corrected chi connectivity index (χ0v) is 13.5. The highest BCUT2D eigenvalue weighted by Crippen LogP contribution is 2.27. The van der Waals surface area contributed by atoms with Gasteiger partial charge in [0.25, 0.3) is 0 Å². The molecule has 2 atom stereocenters. The van der Waals surface area contributed by atoms with E-state index in [4.69, 9.17) is 0 Å². The van der Waals surface area contributed by atoms with Gasteiger partial charge in [-0.25, -0.2) is 0 Å². The molecule has 3 nitrogen and oxygen atoms in total. The van der Waals surface area contributed by atoms with Gasteiger partial charge in [0.1, 0.15) is 0 Å². The number of hydrogen-bond acceptors (Lipinski definition) is 2. The van der Waals surface area contributed by atoms with Gasteiger partial charge in [-0.2, -0.15) is 0 Å². The fourth-order valence-corrected chi connectivity index (χ4v) is 2.93. The Morgan fingerprint density at radius 3 is 2.47 bits per heavy atom. The Morgan fingerprint density at radius 1 is 1.26 bits per heavy atom. The van der Waals surface area contributed by atoms with Gasteiger partial charge in [-0.15, -0.1) is 0 Å². The number of carbonyl (C=O) groups excluding carboxylic acids is 1. The third-order valence-electron chi connectivity index (χ3n) is 4.22. The van der Waals surface area contributed by atoms with Crippen LogP contribution in [0.5, 0.6) is 0 Å². The molecule has 0 radical (unpaired) electrons. The zero-order chi connectivity index (χ0) is 14.5. The summed E-state index contributed by atoms with van der Waals surface area (Å²) in [4.78, 5) is 14.2. The number of amides is 1. The lowest BCUT2D eigenvalue weighted by molar-refractivity contribution is -0.122. The minimum absolute atomic E-state index is 0.171. The molecule has 1 amide bonds. The normalized spacial score (nSPS) is 24.5. The van der Waals surface area contributed by atoms with Crippen molar-refractivity contribution in [3.8, 4) is 0 Å². The van der Waals surface area contributed by atoms with Gasteiger partial charge >= 0.3 is 0 Å². The molecule has 2 unspecified atom stereocenters. The first kappa shape index (κ1) is 16.5. The van der Waals surface area contributed by atoms with E-state index in [1.807, 2.05) is 0 Å². The topological polar surface area (TPSA) is 32.3 Å². The van der Waals surface area contributed by atoms with Crippen LogP contribution in [-0.4, -0.2) is 37.0 Å². The second-order valence-electron chi connectivity index (χ2n) is 7.40. The first-order chi connectivity index (χ1) is 8.79. The zero-order valence-electron chi connectivity index (χ0n) is 13.5. The van der Waals surface area contributed by atoms with E-state index in [0.717, 1.165) is 18.9 Å². The molecule has 0 saturated heterocycles. The molecule has 1 rings (SSSR count). The van der Waals surface area contributed by atoms with Crippen molar-refractivity contribution in [2.45, 2.75) is 65.8 Å². The average molecular weight is 268 g/mol. The summed E-state index contributed by atoms with van der Waals surface area (Å²) in [6.07, 6.45) is 6.24. The van der Waals surface area contributed by atoms with Crippen LogP contribution in [0, 0.1) is 11.3 Å². The van der Waals surface area contributed by atoms with Crippen LogP contribution < -0.4 is 5.32 Å². The summed E-state index contributed by atoms with van der Waals surface area (Å²) in [6, 6.07) is 0.585. The third kappa shape index (κ3) is 6.42. The second-order valence-corrected chi connectivity index (χ2v) is 7.40. The lowest BCUT2D eigenvalue weighted by Crippen LogP contribution is -2.44. The number of hydrogen-bond donors (Lipinski definition) is 1. The number of likely N-dealkylation sites (N-methyl/N-ethyl adjacent to an activating group) is 1. The molecule has 1 aliphatic rings. The van der Waals surface area contributed by atoms with Gasteiger partial charge in [0.05, 0.1) is 6.54 Å². The van der Waals surface area contributed by atoms with Crippen LogP contribution in [-0.2, 0) is 4.79 Å². The van der Waals surface area contributed by atoms with Gasteiger partial charge in [0.2, 0.25) is 5.91 Å². The molecule has 1 fully saturated rings. The van der Waals surface area contributed by atoms with E-state index >= 15 is 0 Å². The average Bonchev–Trinajstić information content (AvgIpc) is 2.27. The molecule has 1 aliphatic carbocycles. The Hall–Kier alpha value is -0.570. The standard InChI is InChI=1S/C16H32N2O/c1-13-8-6-7-9-14(13)18(5)12-15(19)17-11-10-16(2,3)4/h13-14H,6-12H2,1-5H3,(H,17,19). The Kier molecular flexibility index (Phi) is 6.31. The van der Waals surface area contributed by atoms with Crippen LogP contribution in [0.25, 0.3) is 0 Å². The maximum Gasteiger partial charge on any atom is 0.234 e. The third-order valence-corrected chi connectivity index (χ3v) is 4.22. The van der Waals surface area contributed by atoms with Gasteiger partial charge < -0.3 is 5.32 Å². The van der Waals surface area contributed by atoms with Crippen molar-refractivity contribution < 1.29 is 4.79 Å². The summed E-state index contributed by atoms with van der Waals surface area (Å²) in [5, 5.41) is 3.04. The Balaban J connectivity index is 2.27. The van der Waals surface area contributed by atoms with Crippen molar-refractivity contribution >= 4 is 5.91 Å². The van der Waals surface area contributed by atoms with E-state index in [0.29, 0.717) is 12.6 Å². The smallest absolute Gasteiger partial charge is 0.234 e. The van der Waals surface area contributed by atoms with Crippen molar-refractivity contribution in [1.82, 2.24) is 10.2 Å². The van der Waals surface area contributed by atoms with Crippen LogP contribution in [0.3, 0.4) is 0 Å². The van der Waals surface area contributed by atoms with Gasteiger partial charge in [0.15, 0.2) is 0 Å². The number of carbonyl (C=O) groups is 1. The first-order valence-corrected chi connectivity index (χ1v) is 7.76. The summed E-state index contributed by atoms with van der Waals surface area (Å²) in [5.74, 6) is 0.894. The van der Waals surface area contributed by atoms with Crippen LogP contribution in [0.15, 0.2) is 0 Å². The SMILES string of the molecule is CC1CCCCC1N(C)CC(=O)NCCC(C)(C)C. The molecule has 3 heteroatoms. The number of nitrogens with zero attached hydrogens (tertiary/aromatic N) is 1. The molecule has 0 aromatic rings. The van der Waals surface area contributed by atoms with E-state index in [1.54, 1.807) is 0 Å². The number of rotatable bonds is 5. The number of nitrogens with one attached hydrogen (secondary N) is 1. The molecule has 112 valence electrons. The Bertz CT molecular complexity index is 283. The lowest BCUT2D eigenvalue weighted by atomic mass is 9.85. The molecular weight excluding hydrogens is 236 g/mol. The van der Waals surface area contributed by atoms with E-state index in [9.17, 15) is 4.79 Å². The highest BCUT2D eigenvalue weighted by Gasteiger charge is 2.25. The molecule has 0 bridgehead atoms. The molecule has 1 saturated carbocycles. The maximum atomic E-state index is 11.9. The molecule has 0 aliphatic heterocycles. The maximum absolute atomic E-state index is 11.9. The summed E-state index contributed by atoms with van der Waals surface area (Å²) in [6.45, 7) is 10.3. The molecule has 0 heterocycles. The van der Waals surface area contributed by atoms with Gasteiger partial charge in [-0.1, -0.05) is 40.5 Å². The summed E-state index contributed by atoms with van der Waals surface area (Å²) < 4.78 is 0. The molecule has 0 aromatic carbocycles. The van der Waals surface area contributed by atoms with Crippen molar-refractivity contribution in [3.05, 3.63) is 0 Å². The van der Waals surface area contributed by atoms with E-state index in [2.05, 4.69) is 45.0 Å². The molecule has 0 spiro atoms. The minimum atomic E-state index is 0.171. The predicted octanol–water partition coefficient (Wildman–Crippen LogP) is 3.05. The van der Waals surface area contributed by atoms with Crippen molar-refractivity contribution in [3.63, 3.8) is 0 Å². The minimum Gasteiger partial charge on any atom is -0.355 e. The lowest BCUT2D eigenvalue weighted by Gasteiger charge is -2.35. The van der Waals surface area contributed by atoms with Gasteiger partial charge in [-0.3, -0.25) is 9.69 Å². The van der Waals surface area contributed by atoms with Crippen LogP contribution in [0.1, 0.15) is 59.8 Å². The van der Waals surface area contributed by atoms with E-state index in [-0.39, 0.29) is 11.3 Å². The Morgan fingerprint density at radius 2 is 1.89 bits per heavy atom. The summed E-state index contributed by atoms with van der Waals surface area (Å²) in [5.41, 5.74) is 0.289. The van der Waals surface area contributed by atoms with Crippen LogP contribution in [0.4, 0.5) is 0 Å². The van der Waals surface area contributed by atoms with Crippen molar-refractivity contribution in [2.24, 2.45) is 11.3 Å². The highest BCUT2D eigenvalue weighted by atomic mass is 16.2. The molecular formula is C16H32N2O. The highest BCUT2D eigenvalue weighted by molar-refractivity contribution is 5.77. The summed E-state index contributed by atoms with van der Waals surface area (Å²) in [7, 11) is 2.09. The second kappa shape index (κ2) is 7.28. The van der Waals surface area contributed by atoms with Crippen molar-refractivity contribution in [1.29, 1.82) is 0 Å². The predicted molar refractivity (Wildman–Crippen MR) is 81.1 cm³/mol. The largest absolute Gasteiger partial charge is 0.355 e. The fourth-order valence-electron chi connectivity index (χ4n) is 2.93. The molecule has 19 heavy (non-hydrogen) atoms. The first-order valence-electron chi connectivity index (χ1n) is 7.76. The molecule has 0 aromatic heterocycles. The van der Waals surface area contributed by atoms with Crippen molar-refractivity contribution in [2.75, 3.05) is 20.1 Å². The van der Waals surface area contributed by atoms with Gasteiger partial charge in [0, 0.05) is 12.6 Å². The summed E-state index contributed by atoms with van der Waals surface area (Å²) >= 11 is 0. The monoisotopic (exact) mass is 268 g/mol. The van der Waals surface area contributed by atoms with E-state index < -0.39 is 0 Å². The van der Waals surface area contributed by atoms with Crippen LogP contribution >= 0.6 is 0 Å². The molecule has 1 N–H and O–H groups in total. The van der Waals surface area contributed by atoms with Gasteiger partial charge in [-0.05, 0) is 37.6 Å². The quantitative estimate of drug-likeness (QED) is 0.831. The fraction of sp³-hybridized carbons (Fsp3) is 0.938. The Labute approximate surface area is 119 Å².